The van der Waals surface area contributed by atoms with Crippen LogP contribution in [0.25, 0.3) is 11.0 Å². The first-order chi connectivity index (χ1) is 12.0. The van der Waals surface area contributed by atoms with Crippen molar-refractivity contribution in [2.45, 2.75) is 5.92 Å². The van der Waals surface area contributed by atoms with Crippen LogP contribution in [0, 0.1) is 17.6 Å². The van der Waals surface area contributed by atoms with E-state index in [1.54, 1.807) is 17.1 Å². The monoisotopic (exact) mass is 345 g/mol. The number of aliphatic hydroxyl groups excluding tert-OH is 1. The lowest BCUT2D eigenvalue weighted by atomic mass is 9.92. The zero-order valence-corrected chi connectivity index (χ0v) is 13.6. The fraction of sp³-hybridized carbons (Fsp3) is 0.353. The molecule has 130 valence electrons. The van der Waals surface area contributed by atoms with Gasteiger partial charge in [-0.3, -0.25) is 9.67 Å². The number of hydrogen-bond donors (Lipinski definition) is 1. The highest BCUT2D eigenvalue weighted by atomic mass is 19.2. The maximum Gasteiger partial charge on any atom is 0.161 e. The van der Waals surface area contributed by atoms with Gasteiger partial charge in [-0.05, 0) is 5.56 Å². The lowest BCUT2D eigenvalue weighted by Gasteiger charge is -2.17. The molecule has 0 saturated carbocycles. The molecule has 4 rings (SSSR count). The summed E-state index contributed by atoms with van der Waals surface area (Å²) in [4.78, 5) is 10.6. The van der Waals surface area contributed by atoms with Crippen molar-refractivity contribution in [1.82, 2.24) is 19.7 Å². The van der Waals surface area contributed by atoms with Crippen molar-refractivity contribution in [3.8, 4) is 0 Å². The van der Waals surface area contributed by atoms with E-state index in [-0.39, 0.29) is 18.4 Å². The fourth-order valence-corrected chi connectivity index (χ4v) is 3.40. The van der Waals surface area contributed by atoms with Gasteiger partial charge in [0.05, 0.1) is 23.4 Å². The van der Waals surface area contributed by atoms with Gasteiger partial charge in [-0.15, -0.1) is 0 Å². The van der Waals surface area contributed by atoms with Crippen LogP contribution in [-0.4, -0.2) is 44.6 Å². The number of hydrogen-bond acceptors (Lipinski definition) is 5. The Morgan fingerprint density at radius 3 is 2.60 bits per heavy atom. The Labute approximate surface area is 142 Å². The molecule has 0 bridgehead atoms. The summed E-state index contributed by atoms with van der Waals surface area (Å²) in [7, 11) is 1.85. The second kappa shape index (κ2) is 6.03. The minimum absolute atomic E-state index is 0.0478. The number of aromatic nitrogens is 4. The fourth-order valence-electron chi connectivity index (χ4n) is 3.40. The van der Waals surface area contributed by atoms with Crippen LogP contribution in [-0.2, 0) is 7.05 Å². The second-order valence-electron chi connectivity index (χ2n) is 6.38. The minimum atomic E-state index is -0.943. The molecule has 6 nitrogen and oxygen atoms in total. The summed E-state index contributed by atoms with van der Waals surface area (Å²) in [6.07, 6.45) is 5.31. The number of nitrogens with zero attached hydrogens (tertiary/aromatic N) is 5. The van der Waals surface area contributed by atoms with E-state index in [4.69, 9.17) is 0 Å². The molecule has 1 aromatic carbocycles. The molecule has 0 spiro atoms. The third-order valence-electron chi connectivity index (χ3n) is 4.72. The molecule has 2 aromatic heterocycles. The minimum Gasteiger partial charge on any atom is -0.396 e. The largest absolute Gasteiger partial charge is 0.396 e. The van der Waals surface area contributed by atoms with Gasteiger partial charge in [0, 0.05) is 56.9 Å². The predicted molar refractivity (Wildman–Crippen MR) is 88.2 cm³/mol. The first-order valence-electron chi connectivity index (χ1n) is 8.01. The van der Waals surface area contributed by atoms with Crippen LogP contribution in [0.5, 0.6) is 0 Å². The number of rotatable bonds is 3. The summed E-state index contributed by atoms with van der Waals surface area (Å²) >= 11 is 0. The van der Waals surface area contributed by atoms with E-state index in [0.717, 1.165) is 17.7 Å². The highest BCUT2D eigenvalue weighted by Crippen LogP contribution is 2.34. The summed E-state index contributed by atoms with van der Waals surface area (Å²) in [5.74, 6) is -1.12. The average Bonchev–Trinajstić information content (AvgIpc) is 3.21. The van der Waals surface area contributed by atoms with Crippen LogP contribution in [0.2, 0.25) is 0 Å². The number of halogens is 2. The number of anilines is 1. The number of fused-ring (bicyclic) bond motifs is 1. The van der Waals surface area contributed by atoms with Gasteiger partial charge in [0.1, 0.15) is 5.82 Å². The van der Waals surface area contributed by atoms with E-state index in [1.807, 2.05) is 18.1 Å². The molecule has 2 atom stereocenters. The molecule has 8 heteroatoms. The van der Waals surface area contributed by atoms with Crippen molar-refractivity contribution < 1.29 is 13.9 Å². The Morgan fingerprint density at radius 1 is 1.16 bits per heavy atom. The van der Waals surface area contributed by atoms with Crippen molar-refractivity contribution in [2.24, 2.45) is 13.0 Å². The van der Waals surface area contributed by atoms with Gasteiger partial charge in [-0.2, -0.15) is 5.10 Å². The van der Waals surface area contributed by atoms with Gasteiger partial charge < -0.3 is 10.0 Å². The van der Waals surface area contributed by atoms with E-state index in [9.17, 15) is 13.9 Å². The van der Waals surface area contributed by atoms with Crippen molar-refractivity contribution >= 4 is 16.9 Å². The molecule has 0 unspecified atom stereocenters. The Bertz CT molecular complexity index is 929. The highest BCUT2D eigenvalue weighted by molar-refractivity contribution is 5.75. The number of benzene rings is 1. The Balaban J connectivity index is 1.65. The summed E-state index contributed by atoms with van der Waals surface area (Å²) in [6.45, 7) is 1.32. The predicted octanol–water partition coefficient (Wildman–Crippen LogP) is 1.85. The van der Waals surface area contributed by atoms with Gasteiger partial charge in [0.15, 0.2) is 11.6 Å². The van der Waals surface area contributed by atoms with Crippen molar-refractivity contribution in [1.29, 1.82) is 0 Å². The van der Waals surface area contributed by atoms with E-state index >= 15 is 0 Å². The summed E-state index contributed by atoms with van der Waals surface area (Å²) in [5.41, 5.74) is 1.68. The molecule has 25 heavy (non-hydrogen) atoms. The van der Waals surface area contributed by atoms with E-state index in [1.165, 1.54) is 0 Å². The van der Waals surface area contributed by atoms with E-state index < -0.39 is 11.6 Å². The Morgan fingerprint density at radius 2 is 1.92 bits per heavy atom. The lowest BCUT2D eigenvalue weighted by Crippen LogP contribution is -2.21. The van der Waals surface area contributed by atoms with Crippen LogP contribution in [0.4, 0.5) is 14.6 Å². The zero-order valence-electron chi connectivity index (χ0n) is 13.6. The molecule has 3 aromatic rings. The molecule has 1 saturated heterocycles. The van der Waals surface area contributed by atoms with Crippen molar-refractivity contribution in [2.75, 3.05) is 24.6 Å². The lowest BCUT2D eigenvalue weighted by molar-refractivity contribution is 0.227. The maximum absolute atomic E-state index is 13.5. The maximum atomic E-state index is 13.5. The highest BCUT2D eigenvalue weighted by Gasteiger charge is 2.35. The van der Waals surface area contributed by atoms with Crippen LogP contribution in [0.3, 0.4) is 0 Å². The van der Waals surface area contributed by atoms with Crippen LogP contribution in [0.15, 0.2) is 30.7 Å². The molecule has 0 aliphatic carbocycles. The van der Waals surface area contributed by atoms with Gasteiger partial charge in [-0.1, -0.05) is 0 Å². The molecule has 1 N–H and O–H groups in total. The van der Waals surface area contributed by atoms with Gasteiger partial charge in [-0.25, -0.2) is 13.8 Å². The molecule has 0 amide bonds. The molecule has 1 aliphatic rings. The third kappa shape index (κ3) is 2.82. The first-order valence-corrected chi connectivity index (χ1v) is 8.01. The topological polar surface area (TPSA) is 67.1 Å². The Hall–Kier alpha value is -2.61. The summed E-state index contributed by atoms with van der Waals surface area (Å²) in [5, 5.41) is 13.9. The first kappa shape index (κ1) is 15.9. The molecular formula is C17H17F2N5O. The quantitative estimate of drug-likeness (QED) is 0.785. The van der Waals surface area contributed by atoms with Crippen LogP contribution in [0.1, 0.15) is 11.5 Å². The second-order valence-corrected chi connectivity index (χ2v) is 6.38. The molecule has 1 fully saturated rings. The summed E-state index contributed by atoms with van der Waals surface area (Å²) < 4.78 is 28.5. The van der Waals surface area contributed by atoms with Crippen LogP contribution >= 0.6 is 0 Å². The summed E-state index contributed by atoms with van der Waals surface area (Å²) in [6, 6.07) is 2.10. The van der Waals surface area contributed by atoms with Crippen molar-refractivity contribution in [3.05, 3.63) is 47.9 Å². The van der Waals surface area contributed by atoms with Gasteiger partial charge in [0.2, 0.25) is 0 Å². The Kier molecular flexibility index (Phi) is 3.84. The molecular weight excluding hydrogens is 328 g/mol. The third-order valence-corrected chi connectivity index (χ3v) is 4.72. The molecule has 1 aliphatic heterocycles. The van der Waals surface area contributed by atoms with Gasteiger partial charge in [0.25, 0.3) is 0 Å². The zero-order chi connectivity index (χ0) is 17.6. The van der Waals surface area contributed by atoms with Gasteiger partial charge >= 0.3 is 0 Å². The van der Waals surface area contributed by atoms with Crippen molar-refractivity contribution in [3.63, 3.8) is 0 Å². The SMILES string of the molecule is Cn1cc([C@@H]2CN(c3cnc4cc(F)c(F)cc4n3)C[C@H]2CO)cn1. The smallest absolute Gasteiger partial charge is 0.161 e. The van der Waals surface area contributed by atoms with E-state index in [0.29, 0.717) is 29.9 Å². The number of aliphatic hydroxyl groups is 1. The standard InChI is InChI=1S/C17H17F2N5O/c1-23-6-10(4-21-23)12-8-24(7-11(12)9-25)17-5-20-15-2-13(18)14(19)3-16(15)22-17/h2-6,11-12,25H,7-9H2,1H3/t11-,12-/m0/s1. The molecule has 3 heterocycles. The normalized spacial score (nSPS) is 20.6. The molecule has 0 radical (unpaired) electrons. The van der Waals surface area contributed by atoms with E-state index in [2.05, 4.69) is 15.1 Å². The average molecular weight is 345 g/mol. The number of aryl methyl sites for hydroxylation is 1. The van der Waals surface area contributed by atoms with Crippen LogP contribution < -0.4 is 4.90 Å².